The fourth-order valence-corrected chi connectivity index (χ4v) is 3.23. The van der Waals surface area contributed by atoms with E-state index in [1.165, 1.54) is 0 Å². The van der Waals surface area contributed by atoms with Gasteiger partial charge in [-0.05, 0) is 36.7 Å². The number of aromatic carboxylic acids is 1. The van der Waals surface area contributed by atoms with E-state index in [0.717, 1.165) is 47.1 Å². The zero-order valence-corrected chi connectivity index (χ0v) is 13.4. The van der Waals surface area contributed by atoms with Crippen molar-refractivity contribution in [3.05, 3.63) is 40.4 Å². The van der Waals surface area contributed by atoms with E-state index < -0.39 is 5.97 Å². The highest BCUT2D eigenvalue weighted by Gasteiger charge is 2.17. The molecule has 0 bridgehead atoms. The molecule has 2 aromatic rings. The van der Waals surface area contributed by atoms with Gasteiger partial charge in [0.15, 0.2) is 0 Å². The van der Waals surface area contributed by atoms with Gasteiger partial charge in [0.2, 0.25) is 0 Å². The number of nitrogens with zero attached hydrogens (tertiary/aromatic N) is 2. The number of carboxylic acid groups (broad SMARTS) is 1. The fourth-order valence-electron chi connectivity index (χ4n) is 2.75. The summed E-state index contributed by atoms with van der Waals surface area (Å²) in [5.41, 5.74) is 1.44. The van der Waals surface area contributed by atoms with E-state index in [4.69, 9.17) is 0 Å². The molecule has 1 aliphatic heterocycles. The number of fused-ring (bicyclic) bond motifs is 1. The number of anilines is 1. The molecule has 1 aliphatic rings. The maximum atomic E-state index is 11.2. The van der Waals surface area contributed by atoms with Crippen molar-refractivity contribution in [3.63, 3.8) is 0 Å². The van der Waals surface area contributed by atoms with Crippen LogP contribution in [-0.2, 0) is 0 Å². The summed E-state index contributed by atoms with van der Waals surface area (Å²) in [6.45, 7) is 3.97. The molecule has 0 aliphatic carbocycles. The van der Waals surface area contributed by atoms with E-state index >= 15 is 0 Å². The van der Waals surface area contributed by atoms with Crippen LogP contribution in [0, 0.1) is 0 Å². The SMILES string of the molecule is CN1CCN(c2ccc(Br)c3ccc(C(=O)O)cc23)CC1. The minimum Gasteiger partial charge on any atom is -0.478 e. The van der Waals surface area contributed by atoms with Crippen LogP contribution in [0.15, 0.2) is 34.8 Å². The van der Waals surface area contributed by atoms with E-state index in [9.17, 15) is 9.90 Å². The molecule has 0 radical (unpaired) electrons. The van der Waals surface area contributed by atoms with Gasteiger partial charge >= 0.3 is 5.97 Å². The van der Waals surface area contributed by atoms with Crippen molar-refractivity contribution in [3.8, 4) is 0 Å². The molecule has 1 heterocycles. The van der Waals surface area contributed by atoms with E-state index in [1.807, 2.05) is 12.1 Å². The van der Waals surface area contributed by atoms with Crippen molar-refractivity contribution in [2.24, 2.45) is 0 Å². The molecule has 1 N–H and O–H groups in total. The predicted octanol–water partition coefficient (Wildman–Crippen LogP) is 3.05. The summed E-state index contributed by atoms with van der Waals surface area (Å²) in [5.74, 6) is -0.888. The molecule has 1 fully saturated rings. The lowest BCUT2D eigenvalue weighted by atomic mass is 10.0. The Bertz CT molecular complexity index is 694. The summed E-state index contributed by atoms with van der Waals surface area (Å²) in [7, 11) is 2.12. The second kappa shape index (κ2) is 5.66. The lowest BCUT2D eigenvalue weighted by Crippen LogP contribution is -2.44. The van der Waals surface area contributed by atoms with Gasteiger partial charge in [-0.3, -0.25) is 0 Å². The predicted molar refractivity (Wildman–Crippen MR) is 88.3 cm³/mol. The Kier molecular flexibility index (Phi) is 3.87. The molecule has 0 atom stereocenters. The summed E-state index contributed by atoms with van der Waals surface area (Å²) in [6, 6.07) is 9.42. The number of carboxylic acids is 1. The Morgan fingerprint density at radius 2 is 1.81 bits per heavy atom. The van der Waals surface area contributed by atoms with Crippen LogP contribution in [0.2, 0.25) is 0 Å². The zero-order chi connectivity index (χ0) is 15.0. The first-order chi connectivity index (χ1) is 10.1. The standard InChI is InChI=1S/C16H17BrN2O2/c1-18-6-8-19(9-7-18)15-5-4-14(17)12-3-2-11(16(20)21)10-13(12)15/h2-5,10H,6-9H2,1H3,(H,20,21). The molecule has 0 amide bonds. The molecule has 110 valence electrons. The average molecular weight is 349 g/mol. The van der Waals surface area contributed by atoms with Crippen molar-refractivity contribution in [2.75, 3.05) is 38.1 Å². The largest absolute Gasteiger partial charge is 0.478 e. The van der Waals surface area contributed by atoms with Crippen molar-refractivity contribution in [2.45, 2.75) is 0 Å². The lowest BCUT2D eigenvalue weighted by molar-refractivity contribution is 0.0697. The molecule has 0 spiro atoms. The topological polar surface area (TPSA) is 43.8 Å². The van der Waals surface area contributed by atoms with Crippen LogP contribution in [0.4, 0.5) is 5.69 Å². The molecule has 1 saturated heterocycles. The van der Waals surface area contributed by atoms with Gasteiger partial charge in [0.1, 0.15) is 0 Å². The van der Waals surface area contributed by atoms with Crippen molar-refractivity contribution >= 4 is 38.4 Å². The number of benzene rings is 2. The maximum Gasteiger partial charge on any atom is 0.335 e. The van der Waals surface area contributed by atoms with Gasteiger partial charge in [0, 0.05) is 41.7 Å². The number of rotatable bonds is 2. The minimum absolute atomic E-state index is 0.330. The Morgan fingerprint density at radius 1 is 1.10 bits per heavy atom. The lowest BCUT2D eigenvalue weighted by Gasteiger charge is -2.34. The first kappa shape index (κ1) is 14.4. The Hall–Kier alpha value is -1.59. The Balaban J connectivity index is 2.11. The molecule has 5 heteroatoms. The van der Waals surface area contributed by atoms with Gasteiger partial charge in [-0.15, -0.1) is 0 Å². The normalized spacial score (nSPS) is 16.4. The Morgan fingerprint density at radius 3 is 2.48 bits per heavy atom. The summed E-state index contributed by atoms with van der Waals surface area (Å²) in [4.78, 5) is 15.9. The summed E-state index contributed by atoms with van der Waals surface area (Å²) in [5, 5.41) is 11.3. The number of halogens is 1. The van der Waals surface area contributed by atoms with Gasteiger partial charge in [0.05, 0.1) is 5.56 Å². The van der Waals surface area contributed by atoms with Crippen LogP contribution in [0.3, 0.4) is 0 Å². The fraction of sp³-hybridized carbons (Fsp3) is 0.312. The second-order valence-electron chi connectivity index (χ2n) is 5.42. The molecule has 0 saturated carbocycles. The number of hydrogen-bond acceptors (Lipinski definition) is 3. The van der Waals surface area contributed by atoms with Crippen molar-refractivity contribution < 1.29 is 9.90 Å². The Labute approximate surface area is 132 Å². The first-order valence-corrected chi connectivity index (χ1v) is 7.74. The highest BCUT2D eigenvalue weighted by Crippen LogP contribution is 2.33. The van der Waals surface area contributed by atoms with Crippen LogP contribution >= 0.6 is 15.9 Å². The van der Waals surface area contributed by atoms with E-state index in [0.29, 0.717) is 5.56 Å². The van der Waals surface area contributed by atoms with E-state index in [-0.39, 0.29) is 0 Å². The molecular weight excluding hydrogens is 332 g/mol. The third kappa shape index (κ3) is 2.76. The van der Waals surface area contributed by atoms with E-state index in [2.05, 4.69) is 38.8 Å². The second-order valence-corrected chi connectivity index (χ2v) is 6.28. The molecule has 4 nitrogen and oxygen atoms in total. The molecule has 21 heavy (non-hydrogen) atoms. The third-order valence-corrected chi connectivity index (χ3v) is 4.72. The van der Waals surface area contributed by atoms with Crippen molar-refractivity contribution in [1.82, 2.24) is 4.90 Å². The van der Waals surface area contributed by atoms with Gasteiger partial charge in [-0.1, -0.05) is 22.0 Å². The van der Waals surface area contributed by atoms with Crippen LogP contribution in [0.25, 0.3) is 10.8 Å². The van der Waals surface area contributed by atoms with Crippen LogP contribution in [-0.4, -0.2) is 49.2 Å². The minimum atomic E-state index is -0.888. The van der Waals surface area contributed by atoms with Gasteiger partial charge in [-0.25, -0.2) is 4.79 Å². The highest BCUT2D eigenvalue weighted by molar-refractivity contribution is 9.10. The van der Waals surface area contributed by atoms with Crippen LogP contribution in [0.1, 0.15) is 10.4 Å². The molecule has 0 unspecified atom stereocenters. The number of carbonyl (C=O) groups is 1. The number of likely N-dealkylation sites (N-methyl/N-ethyl adjacent to an activating group) is 1. The number of hydrogen-bond donors (Lipinski definition) is 1. The molecule has 3 rings (SSSR count). The molecule has 2 aromatic carbocycles. The maximum absolute atomic E-state index is 11.2. The molecular formula is C16H17BrN2O2. The average Bonchev–Trinajstić information content (AvgIpc) is 2.48. The number of piperazine rings is 1. The van der Waals surface area contributed by atoms with Crippen molar-refractivity contribution in [1.29, 1.82) is 0 Å². The summed E-state index contributed by atoms with van der Waals surface area (Å²) in [6.07, 6.45) is 0. The summed E-state index contributed by atoms with van der Waals surface area (Å²) < 4.78 is 0.993. The first-order valence-electron chi connectivity index (χ1n) is 6.95. The monoisotopic (exact) mass is 348 g/mol. The third-order valence-electron chi connectivity index (χ3n) is 4.03. The van der Waals surface area contributed by atoms with E-state index in [1.54, 1.807) is 12.1 Å². The van der Waals surface area contributed by atoms with Gasteiger partial charge < -0.3 is 14.9 Å². The van der Waals surface area contributed by atoms with Crippen LogP contribution < -0.4 is 4.90 Å². The van der Waals surface area contributed by atoms with Gasteiger partial charge in [0.25, 0.3) is 0 Å². The smallest absolute Gasteiger partial charge is 0.335 e. The molecule has 0 aromatic heterocycles. The quantitative estimate of drug-likeness (QED) is 0.905. The summed E-state index contributed by atoms with van der Waals surface area (Å²) >= 11 is 3.55. The highest BCUT2D eigenvalue weighted by atomic mass is 79.9. The van der Waals surface area contributed by atoms with Gasteiger partial charge in [-0.2, -0.15) is 0 Å². The van der Waals surface area contributed by atoms with Crippen LogP contribution in [0.5, 0.6) is 0 Å². The zero-order valence-electron chi connectivity index (χ0n) is 11.8.